The van der Waals surface area contributed by atoms with Gasteiger partial charge in [-0.1, -0.05) is 23.4 Å². The van der Waals surface area contributed by atoms with E-state index in [0.29, 0.717) is 15.9 Å². The molecule has 2 N–H and O–H groups in total. The Hall–Kier alpha value is -1.40. The van der Waals surface area contributed by atoms with Gasteiger partial charge in [-0.3, -0.25) is 0 Å². The first-order valence-electron chi connectivity index (χ1n) is 5.93. The lowest BCUT2D eigenvalue weighted by molar-refractivity contribution is -0.142. The Kier molecular flexibility index (Phi) is 4.15. The fourth-order valence-corrected chi connectivity index (χ4v) is 3.08. The van der Waals surface area contributed by atoms with E-state index >= 15 is 0 Å². The Balaban J connectivity index is 2.22. The highest BCUT2D eigenvalue weighted by Crippen LogP contribution is 2.39. The summed E-state index contributed by atoms with van der Waals surface area (Å²) in [6, 6.07) is 4.10. The second-order valence-corrected chi connectivity index (χ2v) is 6.93. The zero-order valence-corrected chi connectivity index (χ0v) is 12.9. The van der Waals surface area contributed by atoms with E-state index in [1.54, 1.807) is 12.1 Å². The summed E-state index contributed by atoms with van der Waals surface area (Å²) in [7, 11) is 1.34. The second kappa shape index (κ2) is 5.54. The minimum absolute atomic E-state index is 0.0667. The van der Waals surface area contributed by atoms with Gasteiger partial charge < -0.3 is 15.2 Å². The highest BCUT2D eigenvalue weighted by atomic mass is 35.5. The third-order valence-corrected chi connectivity index (χ3v) is 4.27. The Morgan fingerprint density at radius 1 is 1.55 bits per heavy atom. The number of thioether (sulfide) groups is 1. The van der Waals surface area contributed by atoms with Crippen molar-refractivity contribution in [2.24, 2.45) is 4.99 Å². The lowest BCUT2D eigenvalue weighted by Crippen LogP contribution is -2.35. The molecule has 0 fully saturated rings. The molecule has 0 saturated carbocycles. The van der Waals surface area contributed by atoms with Gasteiger partial charge in [-0.25, -0.2) is 9.79 Å². The van der Waals surface area contributed by atoms with Crippen LogP contribution in [0.4, 0.5) is 5.69 Å². The van der Waals surface area contributed by atoms with Gasteiger partial charge in [0, 0.05) is 5.02 Å². The maximum absolute atomic E-state index is 11.7. The summed E-state index contributed by atoms with van der Waals surface area (Å²) in [4.78, 5) is 16.0. The molecule has 1 aromatic rings. The van der Waals surface area contributed by atoms with Crippen LogP contribution in [0.3, 0.4) is 0 Å². The van der Waals surface area contributed by atoms with Gasteiger partial charge in [0.15, 0.2) is 11.2 Å². The quantitative estimate of drug-likeness (QED) is 0.649. The molecule has 5 nitrogen and oxygen atoms in total. The number of carbonyl (C=O) groups excluding carboxylic acids is 1. The van der Waals surface area contributed by atoms with Gasteiger partial charge in [-0.05, 0) is 32.0 Å². The predicted molar refractivity (Wildman–Crippen MR) is 81.6 cm³/mol. The molecule has 1 atom stereocenters. The minimum Gasteiger partial charge on any atom is -0.506 e. The van der Waals surface area contributed by atoms with Crippen molar-refractivity contribution in [3.8, 4) is 5.75 Å². The number of phenolic OH excluding ortho intramolecular Hbond substituents is 1. The number of ether oxygens (including phenoxy) is 1. The summed E-state index contributed by atoms with van der Waals surface area (Å²) in [5.74, 6) is -0.313. The van der Waals surface area contributed by atoms with E-state index in [-0.39, 0.29) is 11.7 Å². The molecular formula is C13H15ClN2O3S. The number of halogens is 1. The van der Waals surface area contributed by atoms with Crippen LogP contribution in [0.1, 0.15) is 13.8 Å². The van der Waals surface area contributed by atoms with Crippen LogP contribution < -0.4 is 5.32 Å². The number of amidine groups is 1. The summed E-state index contributed by atoms with van der Waals surface area (Å²) < 4.78 is 4.34. The Morgan fingerprint density at radius 3 is 2.90 bits per heavy atom. The van der Waals surface area contributed by atoms with Crippen LogP contribution in [0.25, 0.3) is 0 Å². The average Bonchev–Trinajstić information content (AvgIpc) is 2.68. The molecule has 1 aliphatic rings. The number of methoxy groups -OCH3 is 1. The highest BCUT2D eigenvalue weighted by molar-refractivity contribution is 8.15. The van der Waals surface area contributed by atoms with Crippen molar-refractivity contribution in [1.29, 1.82) is 0 Å². The van der Waals surface area contributed by atoms with Gasteiger partial charge in [-0.15, -0.1) is 0 Å². The average molecular weight is 315 g/mol. The summed E-state index contributed by atoms with van der Waals surface area (Å²) in [6.07, 6.45) is 0. The van der Waals surface area contributed by atoms with Gasteiger partial charge in [0.05, 0.1) is 17.5 Å². The molecule has 20 heavy (non-hydrogen) atoms. The van der Waals surface area contributed by atoms with Crippen molar-refractivity contribution in [1.82, 2.24) is 0 Å². The molecule has 7 heteroatoms. The topological polar surface area (TPSA) is 70.9 Å². The SMILES string of the molecule is COC(=O)[C@@H]1N=C(Nc2cc(Cl)ccc2O)SC1(C)C. The molecule has 0 aromatic heterocycles. The number of aliphatic imine (C=N–C) groups is 1. The molecule has 0 aliphatic carbocycles. The van der Waals surface area contributed by atoms with E-state index < -0.39 is 10.8 Å². The summed E-state index contributed by atoms with van der Waals surface area (Å²) in [5.41, 5.74) is 0.449. The number of phenols is 1. The highest BCUT2D eigenvalue weighted by Gasteiger charge is 2.43. The maximum atomic E-state index is 11.7. The van der Waals surface area contributed by atoms with Gasteiger partial charge in [-0.2, -0.15) is 0 Å². The van der Waals surface area contributed by atoms with Crippen LogP contribution in [0.2, 0.25) is 5.02 Å². The number of anilines is 1. The van der Waals surface area contributed by atoms with E-state index in [2.05, 4.69) is 10.3 Å². The first kappa shape index (κ1) is 15.0. The molecule has 1 aliphatic heterocycles. The van der Waals surface area contributed by atoms with Crippen molar-refractivity contribution in [3.63, 3.8) is 0 Å². The standard InChI is InChI=1S/C13H15ClN2O3S/c1-13(2)10(11(18)19-3)16-12(20-13)15-8-6-7(14)4-5-9(8)17/h4-6,10,17H,1-3H3,(H,15,16)/t10-/m0/s1. The molecule has 0 saturated heterocycles. The molecule has 0 amide bonds. The van der Waals surface area contributed by atoms with Crippen molar-refractivity contribution in [2.45, 2.75) is 24.6 Å². The zero-order chi connectivity index (χ0) is 14.9. The molecule has 0 radical (unpaired) electrons. The third-order valence-electron chi connectivity index (χ3n) is 2.89. The Morgan fingerprint density at radius 2 is 2.25 bits per heavy atom. The van der Waals surface area contributed by atoms with Gasteiger partial charge in [0.1, 0.15) is 5.75 Å². The van der Waals surface area contributed by atoms with E-state index in [4.69, 9.17) is 16.3 Å². The van der Waals surface area contributed by atoms with Gasteiger partial charge in [0.25, 0.3) is 0 Å². The van der Waals surface area contributed by atoms with Gasteiger partial charge >= 0.3 is 5.97 Å². The monoisotopic (exact) mass is 314 g/mol. The van der Waals surface area contributed by atoms with E-state index in [9.17, 15) is 9.90 Å². The molecule has 108 valence electrons. The molecule has 1 aromatic carbocycles. The second-order valence-electron chi connectivity index (χ2n) is 4.85. The number of carbonyl (C=O) groups is 1. The maximum Gasteiger partial charge on any atom is 0.332 e. The summed E-state index contributed by atoms with van der Waals surface area (Å²) >= 11 is 7.30. The zero-order valence-electron chi connectivity index (χ0n) is 11.3. The lowest BCUT2D eigenvalue weighted by atomic mass is 10.0. The Labute approximate surface area is 126 Å². The van der Waals surface area contributed by atoms with E-state index in [1.807, 2.05) is 13.8 Å². The molecule has 0 unspecified atom stereocenters. The number of hydrogen-bond acceptors (Lipinski definition) is 6. The normalized spacial score (nSPS) is 20.4. The summed E-state index contributed by atoms with van der Waals surface area (Å²) in [5, 5.41) is 13.8. The first-order chi connectivity index (χ1) is 9.33. The van der Waals surface area contributed by atoms with Crippen molar-refractivity contribution in [3.05, 3.63) is 23.2 Å². The van der Waals surface area contributed by atoms with Crippen LogP contribution >= 0.6 is 23.4 Å². The number of benzene rings is 1. The smallest absolute Gasteiger partial charge is 0.332 e. The van der Waals surface area contributed by atoms with Crippen molar-refractivity contribution >= 4 is 40.2 Å². The molecule has 1 heterocycles. The number of aromatic hydroxyl groups is 1. The fourth-order valence-electron chi connectivity index (χ4n) is 1.83. The number of hydrogen-bond donors (Lipinski definition) is 2. The van der Waals surface area contributed by atoms with Gasteiger partial charge in [0.2, 0.25) is 0 Å². The Bertz CT molecular complexity index is 575. The van der Waals surface area contributed by atoms with Crippen LogP contribution in [0, 0.1) is 0 Å². The fraction of sp³-hybridized carbons (Fsp3) is 0.385. The number of nitrogens with zero attached hydrogens (tertiary/aromatic N) is 1. The molecular weight excluding hydrogens is 300 g/mol. The molecule has 0 spiro atoms. The minimum atomic E-state index is -0.582. The van der Waals surface area contributed by atoms with Crippen LogP contribution in [-0.4, -0.2) is 34.1 Å². The van der Waals surface area contributed by atoms with Crippen LogP contribution in [0.15, 0.2) is 23.2 Å². The van der Waals surface area contributed by atoms with Crippen LogP contribution in [-0.2, 0) is 9.53 Å². The molecule has 0 bridgehead atoms. The van der Waals surface area contributed by atoms with Crippen molar-refractivity contribution in [2.75, 3.05) is 12.4 Å². The first-order valence-corrected chi connectivity index (χ1v) is 7.13. The third kappa shape index (κ3) is 3.02. The predicted octanol–water partition coefficient (Wildman–Crippen LogP) is 2.88. The molecule has 2 rings (SSSR count). The lowest BCUT2D eigenvalue weighted by Gasteiger charge is -2.21. The van der Waals surface area contributed by atoms with Crippen LogP contribution in [0.5, 0.6) is 5.75 Å². The van der Waals surface area contributed by atoms with E-state index in [1.165, 1.54) is 24.9 Å². The van der Waals surface area contributed by atoms with E-state index in [0.717, 1.165) is 0 Å². The number of esters is 1. The summed E-state index contributed by atoms with van der Waals surface area (Å²) in [6.45, 7) is 3.82. The number of rotatable bonds is 2. The number of nitrogens with one attached hydrogen (secondary N) is 1. The van der Waals surface area contributed by atoms with Crippen molar-refractivity contribution < 1.29 is 14.6 Å². The largest absolute Gasteiger partial charge is 0.506 e.